The van der Waals surface area contributed by atoms with Crippen LogP contribution < -0.4 is 11.5 Å². The molecule has 1 saturated heterocycles. The highest BCUT2D eigenvalue weighted by Crippen LogP contribution is 2.04. The van der Waals surface area contributed by atoms with Crippen molar-refractivity contribution in [2.24, 2.45) is 11.5 Å². The van der Waals surface area contributed by atoms with E-state index in [0.717, 1.165) is 0 Å². The summed E-state index contributed by atoms with van der Waals surface area (Å²) in [5.74, 6) is 0. The number of hydrogen-bond acceptors (Lipinski definition) is 3. The lowest BCUT2D eigenvalue weighted by molar-refractivity contribution is 0.0177. The molecule has 1 rings (SSSR count). The van der Waals surface area contributed by atoms with Crippen molar-refractivity contribution in [1.82, 2.24) is 4.90 Å². The van der Waals surface area contributed by atoms with Crippen molar-refractivity contribution in [2.45, 2.75) is 6.04 Å². The Labute approximate surface area is 65.3 Å². The second-order valence-corrected chi connectivity index (χ2v) is 2.50. The van der Waals surface area contributed by atoms with Gasteiger partial charge in [0.1, 0.15) is 0 Å². The highest BCUT2D eigenvalue weighted by atomic mass is 16.5. The largest absolute Gasteiger partial charge is 0.377 e. The first kappa shape index (κ1) is 8.29. The molecule has 0 aromatic heterocycles. The minimum Gasteiger partial charge on any atom is -0.377 e. The molecule has 5 nitrogen and oxygen atoms in total. The monoisotopic (exact) mass is 159 g/mol. The van der Waals surface area contributed by atoms with Crippen molar-refractivity contribution in [2.75, 3.05) is 26.3 Å². The lowest BCUT2D eigenvalue weighted by atomic mass is 10.2. The van der Waals surface area contributed by atoms with E-state index < -0.39 is 6.03 Å². The van der Waals surface area contributed by atoms with Crippen LogP contribution in [0.4, 0.5) is 4.79 Å². The van der Waals surface area contributed by atoms with Gasteiger partial charge in [-0.1, -0.05) is 0 Å². The number of amides is 2. The Kier molecular flexibility index (Phi) is 2.67. The summed E-state index contributed by atoms with van der Waals surface area (Å²) >= 11 is 0. The Bertz CT molecular complexity index is 151. The molecule has 0 saturated carbocycles. The molecule has 1 aliphatic rings. The Morgan fingerprint density at radius 3 is 2.91 bits per heavy atom. The summed E-state index contributed by atoms with van der Waals surface area (Å²) in [5, 5.41) is 0. The van der Waals surface area contributed by atoms with E-state index >= 15 is 0 Å². The zero-order valence-corrected chi connectivity index (χ0v) is 6.32. The highest BCUT2D eigenvalue weighted by molar-refractivity contribution is 5.72. The van der Waals surface area contributed by atoms with Gasteiger partial charge in [0.25, 0.3) is 0 Å². The SMILES string of the molecule is NCC1COCCN1C(N)=O. The van der Waals surface area contributed by atoms with E-state index in [4.69, 9.17) is 16.2 Å². The number of hydrogen-bond donors (Lipinski definition) is 2. The number of ether oxygens (including phenoxy) is 1. The minimum atomic E-state index is -0.413. The van der Waals surface area contributed by atoms with Crippen LogP contribution in [0.1, 0.15) is 0 Å². The van der Waals surface area contributed by atoms with Crippen molar-refractivity contribution >= 4 is 6.03 Å². The molecular formula is C6H13N3O2. The Balaban J connectivity index is 2.51. The molecule has 11 heavy (non-hydrogen) atoms. The van der Waals surface area contributed by atoms with Crippen molar-refractivity contribution in [3.63, 3.8) is 0 Å². The van der Waals surface area contributed by atoms with Crippen LogP contribution in [0.25, 0.3) is 0 Å². The molecule has 5 heteroatoms. The predicted molar refractivity (Wildman–Crippen MR) is 40.0 cm³/mol. The molecule has 0 aromatic rings. The fraction of sp³-hybridized carbons (Fsp3) is 0.833. The summed E-state index contributed by atoms with van der Waals surface area (Å²) in [6.07, 6.45) is 0. The molecule has 1 fully saturated rings. The average Bonchev–Trinajstić information content (AvgIpc) is 2.04. The van der Waals surface area contributed by atoms with Crippen LogP contribution in [0, 0.1) is 0 Å². The Morgan fingerprint density at radius 2 is 2.45 bits per heavy atom. The molecule has 1 atom stereocenters. The third kappa shape index (κ3) is 1.81. The second-order valence-electron chi connectivity index (χ2n) is 2.50. The summed E-state index contributed by atoms with van der Waals surface area (Å²) in [4.78, 5) is 12.3. The van der Waals surface area contributed by atoms with Crippen LogP contribution in [0.2, 0.25) is 0 Å². The van der Waals surface area contributed by atoms with E-state index in [1.165, 1.54) is 0 Å². The second kappa shape index (κ2) is 3.54. The van der Waals surface area contributed by atoms with Crippen LogP contribution >= 0.6 is 0 Å². The fourth-order valence-corrected chi connectivity index (χ4v) is 1.14. The highest BCUT2D eigenvalue weighted by Gasteiger charge is 2.23. The van der Waals surface area contributed by atoms with Crippen LogP contribution in [0.5, 0.6) is 0 Å². The van der Waals surface area contributed by atoms with Gasteiger partial charge in [-0.3, -0.25) is 0 Å². The first-order chi connectivity index (χ1) is 5.25. The molecule has 1 heterocycles. The summed E-state index contributed by atoms with van der Waals surface area (Å²) < 4.78 is 5.12. The van der Waals surface area contributed by atoms with Crippen LogP contribution in [0.3, 0.4) is 0 Å². The summed E-state index contributed by atoms with van der Waals surface area (Å²) in [6.45, 7) is 2.01. The van der Waals surface area contributed by atoms with Gasteiger partial charge < -0.3 is 21.1 Å². The number of rotatable bonds is 1. The normalized spacial score (nSPS) is 25.2. The van der Waals surface area contributed by atoms with Gasteiger partial charge in [0.05, 0.1) is 19.3 Å². The van der Waals surface area contributed by atoms with Crippen LogP contribution in [0.15, 0.2) is 0 Å². The molecule has 2 amide bonds. The molecule has 4 N–H and O–H groups in total. The minimum absolute atomic E-state index is 0.0405. The van der Waals surface area contributed by atoms with E-state index in [0.29, 0.717) is 26.3 Å². The van der Waals surface area contributed by atoms with Gasteiger partial charge in [-0.05, 0) is 0 Å². The summed E-state index contributed by atoms with van der Waals surface area (Å²) in [7, 11) is 0. The van der Waals surface area contributed by atoms with E-state index in [1.807, 2.05) is 0 Å². The molecule has 0 aromatic carbocycles. The van der Waals surface area contributed by atoms with E-state index in [1.54, 1.807) is 4.90 Å². The molecular weight excluding hydrogens is 146 g/mol. The van der Waals surface area contributed by atoms with Crippen LogP contribution in [-0.4, -0.2) is 43.3 Å². The smallest absolute Gasteiger partial charge is 0.315 e. The van der Waals surface area contributed by atoms with Gasteiger partial charge in [-0.2, -0.15) is 0 Å². The van der Waals surface area contributed by atoms with Gasteiger partial charge in [-0.25, -0.2) is 4.79 Å². The number of nitrogens with zero attached hydrogens (tertiary/aromatic N) is 1. The third-order valence-electron chi connectivity index (χ3n) is 1.78. The quantitative estimate of drug-likeness (QED) is 0.500. The maximum absolute atomic E-state index is 10.8. The number of urea groups is 1. The van der Waals surface area contributed by atoms with E-state index in [9.17, 15) is 4.79 Å². The number of morpholine rings is 1. The van der Waals surface area contributed by atoms with Crippen LogP contribution in [-0.2, 0) is 4.74 Å². The molecule has 0 bridgehead atoms. The van der Waals surface area contributed by atoms with Gasteiger partial charge in [0, 0.05) is 13.1 Å². The van der Waals surface area contributed by atoms with Gasteiger partial charge in [0.15, 0.2) is 0 Å². The molecule has 1 aliphatic heterocycles. The Hall–Kier alpha value is -0.810. The number of primary amides is 1. The van der Waals surface area contributed by atoms with Gasteiger partial charge >= 0.3 is 6.03 Å². The van der Waals surface area contributed by atoms with E-state index in [-0.39, 0.29) is 6.04 Å². The molecule has 0 aliphatic carbocycles. The predicted octanol–water partition coefficient (Wildman–Crippen LogP) is -1.28. The topological polar surface area (TPSA) is 81.6 Å². The van der Waals surface area contributed by atoms with Crippen molar-refractivity contribution in [3.8, 4) is 0 Å². The zero-order chi connectivity index (χ0) is 8.27. The number of carbonyl (C=O) groups is 1. The Morgan fingerprint density at radius 1 is 1.73 bits per heavy atom. The average molecular weight is 159 g/mol. The zero-order valence-electron chi connectivity index (χ0n) is 6.32. The third-order valence-corrected chi connectivity index (χ3v) is 1.78. The van der Waals surface area contributed by atoms with Crippen molar-refractivity contribution in [3.05, 3.63) is 0 Å². The molecule has 1 unspecified atom stereocenters. The number of carbonyl (C=O) groups excluding carboxylic acids is 1. The molecule has 0 spiro atoms. The summed E-state index contributed by atoms with van der Waals surface area (Å²) in [6, 6.07) is -0.454. The van der Waals surface area contributed by atoms with Crippen molar-refractivity contribution in [1.29, 1.82) is 0 Å². The van der Waals surface area contributed by atoms with Gasteiger partial charge in [0.2, 0.25) is 0 Å². The molecule has 0 radical (unpaired) electrons. The van der Waals surface area contributed by atoms with Gasteiger partial charge in [-0.15, -0.1) is 0 Å². The maximum atomic E-state index is 10.8. The van der Waals surface area contributed by atoms with Crippen molar-refractivity contribution < 1.29 is 9.53 Å². The van der Waals surface area contributed by atoms with E-state index in [2.05, 4.69) is 0 Å². The fourth-order valence-electron chi connectivity index (χ4n) is 1.14. The standard InChI is InChI=1S/C6H13N3O2/c7-3-5-4-11-2-1-9(5)6(8)10/h5H,1-4,7H2,(H2,8,10). The first-order valence-electron chi connectivity index (χ1n) is 3.59. The number of nitrogens with two attached hydrogens (primary N) is 2. The lowest BCUT2D eigenvalue weighted by Crippen LogP contribution is -2.53. The first-order valence-corrected chi connectivity index (χ1v) is 3.59. The molecule has 64 valence electrons. The lowest BCUT2D eigenvalue weighted by Gasteiger charge is -2.33. The summed E-state index contributed by atoms with van der Waals surface area (Å²) in [5.41, 5.74) is 10.5. The maximum Gasteiger partial charge on any atom is 0.315 e.